The Morgan fingerprint density at radius 3 is 2.17 bits per heavy atom. The van der Waals surface area contributed by atoms with Gasteiger partial charge in [-0.25, -0.2) is 0 Å². The molecule has 6 heteroatoms. The zero-order chi connectivity index (χ0) is 14.3. The zero-order valence-corrected chi connectivity index (χ0v) is 11.1. The minimum atomic E-state index is -4.51. The van der Waals surface area contributed by atoms with E-state index in [0.717, 1.165) is 18.2 Å². The first kappa shape index (κ1) is 16.9. The second-order valence-electron chi connectivity index (χ2n) is 3.79. The summed E-state index contributed by atoms with van der Waals surface area (Å²) in [5, 5.41) is 3.13. The van der Waals surface area contributed by atoms with Gasteiger partial charge in [-0.3, -0.25) is 4.79 Å². The molecule has 18 heavy (non-hydrogen) atoms. The van der Waals surface area contributed by atoms with Gasteiger partial charge in [-0.15, -0.1) is 0 Å². The third-order valence-corrected chi connectivity index (χ3v) is 2.26. The van der Waals surface area contributed by atoms with Gasteiger partial charge in [-0.1, -0.05) is 25.4 Å². The normalized spacial score (nSPS) is 10.9. The fourth-order valence-corrected chi connectivity index (χ4v) is 1.07. The van der Waals surface area contributed by atoms with Gasteiger partial charge in [0.2, 0.25) is 0 Å². The van der Waals surface area contributed by atoms with E-state index in [4.69, 9.17) is 11.6 Å². The average molecular weight is 282 g/mol. The number of benzene rings is 1. The Balaban J connectivity index is 0.000000494. The van der Waals surface area contributed by atoms with E-state index < -0.39 is 17.3 Å². The highest BCUT2D eigenvalue weighted by Gasteiger charge is 2.33. The lowest BCUT2D eigenvalue weighted by atomic mass is 10.1. The fraction of sp³-hybridized carbons (Fsp3) is 0.417. The van der Waals surface area contributed by atoms with Crippen molar-refractivity contribution in [3.05, 3.63) is 34.3 Å². The van der Waals surface area contributed by atoms with Gasteiger partial charge < -0.3 is 5.32 Å². The molecule has 0 saturated carbocycles. The molecule has 0 fully saturated rings. The first-order chi connectivity index (χ1) is 8.22. The van der Waals surface area contributed by atoms with Crippen LogP contribution in [-0.2, 0) is 6.18 Å². The number of halogens is 4. The third-order valence-electron chi connectivity index (χ3n) is 2.02. The molecular formula is C12H15ClF3NO. The monoisotopic (exact) mass is 281 g/mol. The van der Waals surface area contributed by atoms with Gasteiger partial charge in [-0.2, -0.15) is 13.2 Å². The molecule has 1 N–H and O–H groups in total. The van der Waals surface area contributed by atoms with Gasteiger partial charge in [0, 0.05) is 16.6 Å². The van der Waals surface area contributed by atoms with E-state index >= 15 is 0 Å². The van der Waals surface area contributed by atoms with Crippen molar-refractivity contribution >= 4 is 17.9 Å². The number of hydrogen-bond donors (Lipinski definition) is 1. The molecule has 0 aliphatic rings. The van der Waals surface area contributed by atoms with Crippen molar-refractivity contribution in [1.29, 1.82) is 0 Å². The van der Waals surface area contributed by atoms with Crippen molar-refractivity contribution in [1.82, 2.24) is 5.32 Å². The van der Waals surface area contributed by atoms with Crippen LogP contribution in [0.5, 0.6) is 0 Å². The molecule has 1 rings (SSSR count). The zero-order valence-electron chi connectivity index (χ0n) is 10.3. The Morgan fingerprint density at radius 1 is 1.33 bits per heavy atom. The highest BCUT2D eigenvalue weighted by Crippen LogP contribution is 2.32. The first-order valence-electron chi connectivity index (χ1n) is 5.21. The van der Waals surface area contributed by atoms with Crippen LogP contribution in [0, 0.1) is 0 Å². The molecular weight excluding hydrogens is 267 g/mol. The number of hydrogen-bond acceptors (Lipinski definition) is 2. The van der Waals surface area contributed by atoms with Gasteiger partial charge in [0.15, 0.2) is 6.29 Å². The third kappa shape index (κ3) is 6.02. The van der Waals surface area contributed by atoms with E-state index in [0.29, 0.717) is 6.04 Å². The number of rotatable bonds is 2. The number of carbonyl (C=O) groups excluding carboxylic acids is 1. The van der Waals surface area contributed by atoms with Crippen molar-refractivity contribution < 1.29 is 18.0 Å². The standard InChI is InChI=1S/C8H4ClF3O.C4H11N/c9-6-1-2-7(8(10,11)12)5(3-6)4-13;1-4(2)5-3/h1-4H;4-5H,1-3H3. The lowest BCUT2D eigenvalue weighted by molar-refractivity contribution is -0.137. The largest absolute Gasteiger partial charge is 0.417 e. The number of carbonyl (C=O) groups is 1. The number of aldehydes is 1. The molecule has 0 unspecified atom stereocenters. The van der Waals surface area contributed by atoms with Crippen LogP contribution in [0.2, 0.25) is 5.02 Å². The average Bonchev–Trinajstić information content (AvgIpc) is 2.27. The summed E-state index contributed by atoms with van der Waals surface area (Å²) in [7, 11) is 1.95. The lowest BCUT2D eigenvalue weighted by Gasteiger charge is -2.08. The smallest absolute Gasteiger partial charge is 0.318 e. The lowest BCUT2D eigenvalue weighted by Crippen LogP contribution is -2.15. The summed E-state index contributed by atoms with van der Waals surface area (Å²) in [6, 6.07) is 3.50. The summed E-state index contributed by atoms with van der Waals surface area (Å²) >= 11 is 5.42. The molecule has 0 heterocycles. The van der Waals surface area contributed by atoms with E-state index in [9.17, 15) is 18.0 Å². The molecule has 0 spiro atoms. The Morgan fingerprint density at radius 2 is 1.83 bits per heavy atom. The Hall–Kier alpha value is -1.07. The Kier molecular flexibility index (Phi) is 6.94. The molecule has 2 nitrogen and oxygen atoms in total. The first-order valence-corrected chi connectivity index (χ1v) is 5.59. The molecule has 0 aliphatic carbocycles. The Bertz CT molecular complexity index is 391. The molecule has 0 aliphatic heterocycles. The van der Waals surface area contributed by atoms with Crippen LogP contribution in [0.25, 0.3) is 0 Å². The van der Waals surface area contributed by atoms with Crippen molar-refractivity contribution in [2.75, 3.05) is 7.05 Å². The molecule has 0 atom stereocenters. The van der Waals surface area contributed by atoms with Crippen LogP contribution in [0.1, 0.15) is 29.8 Å². The van der Waals surface area contributed by atoms with Gasteiger partial charge in [0.25, 0.3) is 0 Å². The maximum absolute atomic E-state index is 12.2. The summed E-state index contributed by atoms with van der Waals surface area (Å²) in [6.45, 7) is 4.22. The summed E-state index contributed by atoms with van der Waals surface area (Å²) in [4.78, 5) is 10.3. The maximum atomic E-state index is 12.2. The summed E-state index contributed by atoms with van der Waals surface area (Å²) in [5.74, 6) is 0. The molecule has 0 bridgehead atoms. The minimum Gasteiger partial charge on any atom is -0.318 e. The van der Waals surface area contributed by atoms with Crippen LogP contribution in [0.15, 0.2) is 18.2 Å². The highest BCUT2D eigenvalue weighted by molar-refractivity contribution is 6.30. The summed E-state index contributed by atoms with van der Waals surface area (Å²) < 4.78 is 36.5. The van der Waals surface area contributed by atoms with Crippen molar-refractivity contribution in [2.45, 2.75) is 26.1 Å². The van der Waals surface area contributed by atoms with Gasteiger partial charge in [0.1, 0.15) is 0 Å². The van der Waals surface area contributed by atoms with Gasteiger partial charge >= 0.3 is 6.18 Å². The van der Waals surface area contributed by atoms with Crippen LogP contribution >= 0.6 is 11.6 Å². The van der Waals surface area contributed by atoms with Gasteiger partial charge in [-0.05, 0) is 25.2 Å². The van der Waals surface area contributed by atoms with Crippen LogP contribution in [-0.4, -0.2) is 19.4 Å². The van der Waals surface area contributed by atoms with Crippen molar-refractivity contribution in [2.24, 2.45) is 0 Å². The van der Waals surface area contributed by atoms with E-state index in [1.807, 2.05) is 7.05 Å². The van der Waals surface area contributed by atoms with E-state index in [-0.39, 0.29) is 11.3 Å². The van der Waals surface area contributed by atoms with Crippen LogP contribution in [0.4, 0.5) is 13.2 Å². The molecule has 1 aromatic rings. The van der Waals surface area contributed by atoms with E-state index in [2.05, 4.69) is 19.2 Å². The second-order valence-corrected chi connectivity index (χ2v) is 4.23. The molecule has 0 aromatic heterocycles. The number of nitrogens with one attached hydrogen (secondary N) is 1. The highest BCUT2D eigenvalue weighted by atomic mass is 35.5. The molecule has 0 saturated heterocycles. The van der Waals surface area contributed by atoms with Crippen LogP contribution < -0.4 is 5.32 Å². The molecule has 0 amide bonds. The van der Waals surface area contributed by atoms with Crippen LogP contribution in [0.3, 0.4) is 0 Å². The minimum absolute atomic E-state index is 0.107. The van der Waals surface area contributed by atoms with E-state index in [1.54, 1.807) is 0 Å². The topological polar surface area (TPSA) is 29.1 Å². The Labute approximate surface area is 109 Å². The second kappa shape index (κ2) is 7.38. The predicted octanol–water partition coefficient (Wildman–Crippen LogP) is 3.79. The summed E-state index contributed by atoms with van der Waals surface area (Å²) in [6.07, 6.45) is -4.38. The SMILES string of the molecule is CNC(C)C.O=Cc1cc(Cl)ccc1C(F)(F)F. The summed E-state index contributed by atoms with van der Waals surface area (Å²) in [5.41, 5.74) is -1.41. The van der Waals surface area contributed by atoms with Crippen molar-refractivity contribution in [3.63, 3.8) is 0 Å². The molecule has 1 aromatic carbocycles. The van der Waals surface area contributed by atoms with Crippen molar-refractivity contribution in [3.8, 4) is 0 Å². The fourth-order valence-electron chi connectivity index (χ4n) is 0.889. The number of alkyl halides is 3. The molecule has 0 radical (unpaired) electrons. The van der Waals surface area contributed by atoms with Gasteiger partial charge in [0.05, 0.1) is 5.56 Å². The van der Waals surface area contributed by atoms with E-state index in [1.165, 1.54) is 0 Å². The molecule has 102 valence electrons. The predicted molar refractivity (Wildman–Crippen MR) is 66.0 cm³/mol. The quantitative estimate of drug-likeness (QED) is 0.836. The maximum Gasteiger partial charge on any atom is 0.417 e.